The van der Waals surface area contributed by atoms with Crippen LogP contribution in [0.3, 0.4) is 0 Å². The van der Waals surface area contributed by atoms with E-state index >= 15 is 0 Å². The van der Waals surface area contributed by atoms with Gasteiger partial charge in [-0.05, 0) is 37.2 Å². The van der Waals surface area contributed by atoms with Crippen LogP contribution in [0.25, 0.3) is 11.2 Å². The molecule has 0 bridgehead atoms. The van der Waals surface area contributed by atoms with Crippen LogP contribution in [0.2, 0.25) is 0 Å². The molecule has 8 heteroatoms. The van der Waals surface area contributed by atoms with Gasteiger partial charge in [0.1, 0.15) is 5.52 Å². The maximum atomic E-state index is 13.0. The van der Waals surface area contributed by atoms with Gasteiger partial charge in [-0.25, -0.2) is 18.2 Å². The quantitative estimate of drug-likeness (QED) is 0.765. The molecule has 4 rings (SSSR count). The van der Waals surface area contributed by atoms with Crippen molar-refractivity contribution in [2.75, 3.05) is 13.1 Å². The Morgan fingerprint density at radius 1 is 1.12 bits per heavy atom. The minimum atomic E-state index is -3.98. The van der Waals surface area contributed by atoms with Crippen LogP contribution in [-0.4, -0.2) is 35.0 Å². The second kappa shape index (κ2) is 5.57. The normalized spacial score (nSPS) is 18.2. The molecule has 1 aliphatic rings. The maximum absolute atomic E-state index is 13.0. The highest BCUT2D eigenvalue weighted by molar-refractivity contribution is 7.90. The fraction of sp³-hybridized carbons (Fsp3) is 0.250. The van der Waals surface area contributed by atoms with E-state index in [1.807, 2.05) is 0 Å². The van der Waals surface area contributed by atoms with Crippen molar-refractivity contribution in [3.63, 3.8) is 0 Å². The number of hydrogen-bond acceptors (Lipinski definition) is 5. The van der Waals surface area contributed by atoms with E-state index in [-0.39, 0.29) is 10.9 Å². The van der Waals surface area contributed by atoms with Crippen molar-refractivity contribution in [1.29, 1.82) is 0 Å². The van der Waals surface area contributed by atoms with Crippen molar-refractivity contribution in [3.8, 4) is 0 Å². The predicted molar refractivity (Wildman–Crippen MR) is 89.5 cm³/mol. The summed E-state index contributed by atoms with van der Waals surface area (Å²) in [6, 6.07) is 11.1. The van der Waals surface area contributed by atoms with Crippen molar-refractivity contribution < 1.29 is 8.42 Å². The largest absolute Gasteiger partial charge is 0.344 e. The predicted octanol–water partition coefficient (Wildman–Crippen LogP) is 0.969. The molecule has 3 aromatic rings. The summed E-state index contributed by atoms with van der Waals surface area (Å²) in [6.45, 7) is 1.42. The molecule has 0 radical (unpaired) electrons. The second-order valence-electron chi connectivity index (χ2n) is 5.73. The molecule has 1 saturated heterocycles. The maximum Gasteiger partial charge on any atom is 0.344 e. The number of rotatable bonds is 3. The Morgan fingerprint density at radius 2 is 1.92 bits per heavy atom. The van der Waals surface area contributed by atoms with Crippen molar-refractivity contribution in [1.82, 2.24) is 18.8 Å². The SMILES string of the molecule is O=c1n(C2CCNC2)c2ncccc2n1S(=O)(=O)c1ccccc1. The Balaban J connectivity index is 2.03. The van der Waals surface area contributed by atoms with Crippen LogP contribution in [0, 0.1) is 0 Å². The fourth-order valence-corrected chi connectivity index (χ4v) is 4.55. The van der Waals surface area contributed by atoms with Crippen LogP contribution in [0.5, 0.6) is 0 Å². The number of benzene rings is 1. The van der Waals surface area contributed by atoms with E-state index in [9.17, 15) is 13.2 Å². The van der Waals surface area contributed by atoms with Crippen molar-refractivity contribution >= 4 is 21.2 Å². The van der Waals surface area contributed by atoms with E-state index in [1.165, 1.54) is 16.7 Å². The molecule has 0 amide bonds. The van der Waals surface area contributed by atoms with Crippen LogP contribution >= 0.6 is 0 Å². The zero-order valence-corrected chi connectivity index (χ0v) is 13.6. The first-order valence-electron chi connectivity index (χ1n) is 7.70. The first-order chi connectivity index (χ1) is 11.6. The molecule has 2 aromatic heterocycles. The van der Waals surface area contributed by atoms with Crippen LogP contribution < -0.4 is 11.0 Å². The molecule has 3 heterocycles. The summed E-state index contributed by atoms with van der Waals surface area (Å²) >= 11 is 0. The molecule has 1 fully saturated rings. The van der Waals surface area contributed by atoms with E-state index < -0.39 is 15.7 Å². The number of nitrogens with zero attached hydrogens (tertiary/aromatic N) is 3. The summed E-state index contributed by atoms with van der Waals surface area (Å²) in [4.78, 5) is 17.3. The van der Waals surface area contributed by atoms with E-state index in [0.717, 1.165) is 16.9 Å². The van der Waals surface area contributed by atoms with Crippen molar-refractivity contribution in [2.24, 2.45) is 0 Å². The van der Waals surface area contributed by atoms with Gasteiger partial charge < -0.3 is 5.32 Å². The Bertz CT molecular complexity index is 1050. The summed E-state index contributed by atoms with van der Waals surface area (Å²) in [6.07, 6.45) is 2.33. The van der Waals surface area contributed by atoms with Crippen LogP contribution in [0.4, 0.5) is 0 Å². The Morgan fingerprint density at radius 3 is 2.62 bits per heavy atom. The van der Waals surface area contributed by atoms with E-state index in [0.29, 0.717) is 17.7 Å². The van der Waals surface area contributed by atoms with Gasteiger partial charge in [-0.1, -0.05) is 18.2 Å². The number of aromatic nitrogens is 3. The zero-order chi connectivity index (χ0) is 16.7. The lowest BCUT2D eigenvalue weighted by atomic mass is 10.2. The molecule has 1 aromatic carbocycles. The van der Waals surface area contributed by atoms with E-state index in [2.05, 4.69) is 10.3 Å². The van der Waals surface area contributed by atoms with Gasteiger partial charge in [0.15, 0.2) is 5.65 Å². The Kier molecular flexibility index (Phi) is 3.50. The molecule has 1 atom stereocenters. The smallest absolute Gasteiger partial charge is 0.315 e. The second-order valence-corrected chi connectivity index (χ2v) is 7.51. The molecular weight excluding hydrogens is 328 g/mol. The molecule has 124 valence electrons. The third-order valence-corrected chi connectivity index (χ3v) is 5.98. The lowest BCUT2D eigenvalue weighted by Crippen LogP contribution is -2.32. The van der Waals surface area contributed by atoms with Gasteiger partial charge in [-0.3, -0.25) is 4.57 Å². The molecule has 1 unspecified atom stereocenters. The van der Waals surface area contributed by atoms with Gasteiger partial charge in [0.25, 0.3) is 10.0 Å². The minimum absolute atomic E-state index is 0.0829. The molecule has 24 heavy (non-hydrogen) atoms. The number of pyridine rings is 1. The Hall–Kier alpha value is -2.45. The molecule has 0 saturated carbocycles. The monoisotopic (exact) mass is 344 g/mol. The third kappa shape index (κ3) is 2.18. The fourth-order valence-electron chi connectivity index (χ4n) is 3.14. The molecule has 1 N–H and O–H groups in total. The number of nitrogens with one attached hydrogen (secondary N) is 1. The number of imidazole rings is 1. The highest BCUT2D eigenvalue weighted by atomic mass is 32.2. The third-order valence-electron chi connectivity index (χ3n) is 4.27. The molecule has 0 aliphatic carbocycles. The highest BCUT2D eigenvalue weighted by Crippen LogP contribution is 2.22. The molecular formula is C16H16N4O3S. The summed E-state index contributed by atoms with van der Waals surface area (Å²) in [5.74, 6) is 0. The average molecular weight is 344 g/mol. The van der Waals surface area contributed by atoms with Crippen molar-refractivity contribution in [3.05, 3.63) is 59.1 Å². The number of fused-ring (bicyclic) bond motifs is 1. The van der Waals surface area contributed by atoms with Gasteiger partial charge in [-0.15, -0.1) is 0 Å². The minimum Gasteiger partial charge on any atom is -0.315 e. The van der Waals surface area contributed by atoms with E-state index in [1.54, 1.807) is 36.5 Å². The number of hydrogen-bond donors (Lipinski definition) is 1. The van der Waals surface area contributed by atoms with Crippen molar-refractivity contribution in [2.45, 2.75) is 17.4 Å². The van der Waals surface area contributed by atoms with E-state index in [4.69, 9.17) is 0 Å². The highest BCUT2D eigenvalue weighted by Gasteiger charge is 2.29. The molecule has 0 spiro atoms. The van der Waals surface area contributed by atoms with Gasteiger partial charge in [-0.2, -0.15) is 3.97 Å². The summed E-state index contributed by atoms with van der Waals surface area (Å²) in [5.41, 5.74) is 0.134. The first-order valence-corrected chi connectivity index (χ1v) is 9.14. The Labute approximate surface area is 138 Å². The topological polar surface area (TPSA) is 86.0 Å². The van der Waals surface area contributed by atoms with Crippen LogP contribution in [0.1, 0.15) is 12.5 Å². The molecule has 7 nitrogen and oxygen atoms in total. The summed E-state index contributed by atoms with van der Waals surface area (Å²) < 4.78 is 28.4. The average Bonchev–Trinajstić information content (AvgIpc) is 3.20. The van der Waals surface area contributed by atoms with Gasteiger partial charge in [0.2, 0.25) is 0 Å². The summed E-state index contributed by atoms with van der Waals surface area (Å²) in [5, 5.41) is 3.20. The summed E-state index contributed by atoms with van der Waals surface area (Å²) in [7, 11) is -3.98. The lowest BCUT2D eigenvalue weighted by molar-refractivity contribution is 0.534. The van der Waals surface area contributed by atoms with Gasteiger partial charge in [0, 0.05) is 12.7 Å². The zero-order valence-electron chi connectivity index (χ0n) is 12.8. The van der Waals surface area contributed by atoms with Crippen LogP contribution in [0.15, 0.2) is 58.4 Å². The van der Waals surface area contributed by atoms with Crippen LogP contribution in [-0.2, 0) is 10.0 Å². The first kappa shape index (κ1) is 15.1. The standard InChI is InChI=1S/C16H16N4O3S/c21-16-19(12-8-10-17-11-12)15-14(7-4-9-18-15)20(16)24(22,23)13-5-2-1-3-6-13/h1-7,9,12,17H,8,10-11H2. The van der Waals surface area contributed by atoms with Gasteiger partial charge in [0.05, 0.1) is 10.9 Å². The van der Waals surface area contributed by atoms with Gasteiger partial charge >= 0.3 is 5.69 Å². The molecule has 1 aliphatic heterocycles. The lowest BCUT2D eigenvalue weighted by Gasteiger charge is -2.09.